The minimum Gasteiger partial charge on any atom is -0.336 e. The number of rotatable bonds is 3. The van der Waals surface area contributed by atoms with E-state index >= 15 is 0 Å². The molecule has 0 radical (unpaired) electrons. The quantitative estimate of drug-likeness (QED) is 0.847. The third-order valence-corrected chi connectivity index (χ3v) is 4.46. The van der Waals surface area contributed by atoms with Crippen LogP contribution >= 0.6 is 0 Å². The van der Waals surface area contributed by atoms with Crippen LogP contribution in [-0.4, -0.2) is 40.1 Å². The highest BCUT2D eigenvalue weighted by atomic mass is 15.2. The van der Waals surface area contributed by atoms with E-state index in [0.717, 1.165) is 24.9 Å². The van der Waals surface area contributed by atoms with Gasteiger partial charge >= 0.3 is 0 Å². The Kier molecular flexibility index (Phi) is 3.16. The van der Waals surface area contributed by atoms with Crippen molar-refractivity contribution in [3.05, 3.63) is 18.7 Å². The van der Waals surface area contributed by atoms with Crippen LogP contribution in [0, 0.1) is 11.8 Å². The van der Waals surface area contributed by atoms with Crippen molar-refractivity contribution < 1.29 is 0 Å². The fraction of sp³-hybridized carbons (Fsp3) is 0.769. The van der Waals surface area contributed by atoms with Crippen LogP contribution in [0.5, 0.6) is 0 Å². The van der Waals surface area contributed by atoms with Crippen LogP contribution in [-0.2, 0) is 6.54 Å². The molecule has 0 amide bonds. The average molecular weight is 234 g/mol. The molecule has 3 atom stereocenters. The van der Waals surface area contributed by atoms with Gasteiger partial charge in [0.25, 0.3) is 0 Å². The highest BCUT2D eigenvalue weighted by Gasteiger charge is 2.38. The molecule has 2 N–H and O–H groups in total. The first-order valence-corrected chi connectivity index (χ1v) is 6.76. The van der Waals surface area contributed by atoms with Crippen molar-refractivity contribution >= 4 is 0 Å². The van der Waals surface area contributed by atoms with Crippen LogP contribution in [0.3, 0.4) is 0 Å². The van der Waals surface area contributed by atoms with Gasteiger partial charge in [-0.05, 0) is 24.7 Å². The molecule has 17 heavy (non-hydrogen) atoms. The van der Waals surface area contributed by atoms with Crippen molar-refractivity contribution in [1.29, 1.82) is 0 Å². The van der Waals surface area contributed by atoms with Crippen LogP contribution in [0.2, 0.25) is 0 Å². The molecule has 4 heteroatoms. The van der Waals surface area contributed by atoms with E-state index in [-0.39, 0.29) is 0 Å². The Morgan fingerprint density at radius 3 is 2.94 bits per heavy atom. The number of hydrogen-bond acceptors (Lipinski definition) is 3. The van der Waals surface area contributed by atoms with Gasteiger partial charge in [-0.25, -0.2) is 4.98 Å². The van der Waals surface area contributed by atoms with Gasteiger partial charge < -0.3 is 15.2 Å². The average Bonchev–Trinajstić information content (AvgIpc) is 2.95. The van der Waals surface area contributed by atoms with E-state index in [1.165, 1.54) is 32.4 Å². The molecule has 1 aliphatic carbocycles. The molecule has 94 valence electrons. The second-order valence-electron chi connectivity index (χ2n) is 5.58. The van der Waals surface area contributed by atoms with Crippen LogP contribution in [0.4, 0.5) is 0 Å². The van der Waals surface area contributed by atoms with E-state index in [2.05, 4.69) is 14.5 Å². The van der Waals surface area contributed by atoms with Crippen molar-refractivity contribution in [3.8, 4) is 0 Å². The van der Waals surface area contributed by atoms with Crippen LogP contribution in [0.25, 0.3) is 0 Å². The maximum Gasteiger partial charge on any atom is 0.0946 e. The summed E-state index contributed by atoms with van der Waals surface area (Å²) in [6.45, 7) is 4.65. The lowest BCUT2D eigenvalue weighted by atomic mass is 9.78. The summed E-state index contributed by atoms with van der Waals surface area (Å²) in [4.78, 5) is 6.66. The van der Waals surface area contributed by atoms with Gasteiger partial charge in [0.15, 0.2) is 0 Å². The van der Waals surface area contributed by atoms with Crippen molar-refractivity contribution in [2.24, 2.45) is 17.6 Å². The van der Waals surface area contributed by atoms with Crippen molar-refractivity contribution in [2.75, 3.05) is 19.6 Å². The van der Waals surface area contributed by atoms with E-state index < -0.39 is 0 Å². The normalized spacial score (nSPS) is 33.8. The van der Waals surface area contributed by atoms with Crippen LogP contribution in [0.15, 0.2) is 18.7 Å². The summed E-state index contributed by atoms with van der Waals surface area (Å²) in [5, 5.41) is 0. The summed E-state index contributed by atoms with van der Waals surface area (Å²) in [5.41, 5.74) is 6.23. The number of nitrogens with two attached hydrogens (primary N) is 1. The van der Waals surface area contributed by atoms with Gasteiger partial charge in [-0.3, -0.25) is 0 Å². The van der Waals surface area contributed by atoms with Gasteiger partial charge in [0, 0.05) is 44.6 Å². The predicted molar refractivity (Wildman–Crippen MR) is 67.5 cm³/mol. The summed E-state index contributed by atoms with van der Waals surface area (Å²) in [6, 6.07) is 0.451. The Labute approximate surface area is 103 Å². The van der Waals surface area contributed by atoms with E-state index in [1.807, 2.05) is 18.7 Å². The Balaban J connectivity index is 1.53. The molecule has 0 spiro atoms. The number of imidazole rings is 1. The highest BCUT2D eigenvalue weighted by Crippen LogP contribution is 2.35. The molecule has 1 saturated carbocycles. The maximum atomic E-state index is 6.23. The minimum absolute atomic E-state index is 0.451. The van der Waals surface area contributed by atoms with Gasteiger partial charge in [0.1, 0.15) is 0 Å². The minimum atomic E-state index is 0.451. The van der Waals surface area contributed by atoms with E-state index in [0.29, 0.717) is 6.04 Å². The zero-order valence-corrected chi connectivity index (χ0v) is 10.3. The molecule has 2 heterocycles. The Bertz CT molecular complexity index is 348. The van der Waals surface area contributed by atoms with Gasteiger partial charge in [-0.1, -0.05) is 6.42 Å². The molecule has 3 unspecified atom stereocenters. The zero-order chi connectivity index (χ0) is 11.7. The topological polar surface area (TPSA) is 47.1 Å². The Morgan fingerprint density at radius 1 is 1.24 bits per heavy atom. The molecule has 2 fully saturated rings. The molecule has 0 aromatic carbocycles. The molecular formula is C13H22N4. The largest absolute Gasteiger partial charge is 0.336 e. The van der Waals surface area contributed by atoms with Crippen LogP contribution < -0.4 is 5.73 Å². The molecule has 1 saturated heterocycles. The summed E-state index contributed by atoms with van der Waals surface area (Å²) < 4.78 is 2.15. The SMILES string of the molecule is NC1CCCC2CN(CCn3ccnc3)CC12. The first kappa shape index (κ1) is 11.2. The van der Waals surface area contributed by atoms with Crippen molar-refractivity contribution in [3.63, 3.8) is 0 Å². The van der Waals surface area contributed by atoms with Gasteiger partial charge in [-0.15, -0.1) is 0 Å². The molecular weight excluding hydrogens is 212 g/mol. The lowest BCUT2D eigenvalue weighted by Crippen LogP contribution is -2.38. The first-order valence-electron chi connectivity index (χ1n) is 6.76. The predicted octanol–water partition coefficient (Wildman–Crippen LogP) is 0.942. The van der Waals surface area contributed by atoms with Crippen molar-refractivity contribution in [1.82, 2.24) is 14.5 Å². The second-order valence-corrected chi connectivity index (χ2v) is 5.58. The summed E-state index contributed by atoms with van der Waals surface area (Å²) in [5.74, 6) is 1.62. The molecule has 1 aliphatic heterocycles. The lowest BCUT2D eigenvalue weighted by Gasteiger charge is -2.29. The highest BCUT2D eigenvalue weighted by molar-refractivity contribution is 4.93. The Morgan fingerprint density at radius 2 is 2.18 bits per heavy atom. The van der Waals surface area contributed by atoms with Crippen LogP contribution in [0.1, 0.15) is 19.3 Å². The second kappa shape index (κ2) is 4.78. The smallest absolute Gasteiger partial charge is 0.0946 e. The van der Waals surface area contributed by atoms with Gasteiger partial charge in [-0.2, -0.15) is 0 Å². The first-order chi connectivity index (χ1) is 8.33. The fourth-order valence-electron chi connectivity index (χ4n) is 3.47. The third-order valence-electron chi connectivity index (χ3n) is 4.46. The van der Waals surface area contributed by atoms with Gasteiger partial charge in [0.05, 0.1) is 6.33 Å². The van der Waals surface area contributed by atoms with Crippen molar-refractivity contribution in [2.45, 2.75) is 31.8 Å². The third kappa shape index (κ3) is 2.38. The van der Waals surface area contributed by atoms with Gasteiger partial charge in [0.2, 0.25) is 0 Å². The summed E-state index contributed by atoms with van der Waals surface area (Å²) in [7, 11) is 0. The number of hydrogen-bond donors (Lipinski definition) is 1. The van der Waals surface area contributed by atoms with E-state index in [4.69, 9.17) is 5.73 Å². The van der Waals surface area contributed by atoms with E-state index in [1.54, 1.807) is 0 Å². The molecule has 1 aromatic heterocycles. The number of likely N-dealkylation sites (tertiary alicyclic amines) is 1. The number of fused-ring (bicyclic) bond motifs is 1. The summed E-state index contributed by atoms with van der Waals surface area (Å²) >= 11 is 0. The number of aromatic nitrogens is 2. The zero-order valence-electron chi connectivity index (χ0n) is 10.3. The molecule has 4 nitrogen and oxygen atoms in total. The molecule has 3 rings (SSSR count). The summed E-state index contributed by atoms with van der Waals surface area (Å²) in [6.07, 6.45) is 9.73. The van der Waals surface area contributed by atoms with E-state index in [9.17, 15) is 0 Å². The molecule has 1 aromatic rings. The fourth-order valence-corrected chi connectivity index (χ4v) is 3.47. The standard InChI is InChI=1S/C13H22N4/c14-13-3-1-2-11-8-17(9-12(11)13)7-6-16-5-4-15-10-16/h4-5,10-13H,1-3,6-9,14H2. The maximum absolute atomic E-state index is 6.23. The molecule has 2 aliphatic rings. The molecule has 0 bridgehead atoms. The monoisotopic (exact) mass is 234 g/mol. The Hall–Kier alpha value is -0.870. The lowest BCUT2D eigenvalue weighted by molar-refractivity contribution is 0.259. The number of nitrogens with zero attached hydrogens (tertiary/aromatic N) is 3.